The van der Waals surface area contributed by atoms with Crippen molar-refractivity contribution in [2.24, 2.45) is 5.11 Å². The van der Waals surface area contributed by atoms with Crippen molar-refractivity contribution >= 4 is 24.1 Å². The summed E-state index contributed by atoms with van der Waals surface area (Å²) in [5.41, 5.74) is 2.25. The van der Waals surface area contributed by atoms with Gasteiger partial charge in [0.1, 0.15) is 0 Å². The van der Waals surface area contributed by atoms with Gasteiger partial charge in [-0.25, -0.2) is 0 Å². The summed E-state index contributed by atoms with van der Waals surface area (Å²) in [7, 11) is 2.06. The monoisotopic (exact) mass is 467 g/mol. The molecule has 1 aromatic rings. The first-order valence-electron chi connectivity index (χ1n) is 10.5. The van der Waals surface area contributed by atoms with Crippen LogP contribution >= 0.6 is 0 Å². The van der Waals surface area contributed by atoms with E-state index in [4.69, 9.17) is 5.11 Å². The molecule has 1 unspecified atom stereocenters. The molecule has 0 amide bonds. The Labute approximate surface area is 163 Å². The van der Waals surface area contributed by atoms with E-state index in [0.717, 1.165) is 5.56 Å². The van der Waals surface area contributed by atoms with Crippen LogP contribution in [0.1, 0.15) is 64.9 Å². The zero-order valence-electron chi connectivity index (χ0n) is 17.1. The van der Waals surface area contributed by atoms with Crippen LogP contribution in [0, 0.1) is 5.82 Å². The van der Waals surface area contributed by atoms with Crippen LogP contribution in [0.25, 0.3) is 5.70 Å². The molecule has 0 spiro atoms. The third-order valence-corrected chi connectivity index (χ3v) is 21.8. The molecule has 0 saturated heterocycles. The topological polar surface area (TPSA) is 15.4 Å². The Bertz CT molecular complexity index is 600. The summed E-state index contributed by atoms with van der Waals surface area (Å²) in [5, 5.41) is 5.14. The first kappa shape index (κ1) is 21.6. The zero-order chi connectivity index (χ0) is 19.0. The predicted molar refractivity (Wildman–Crippen MR) is 112 cm³/mol. The number of unbranched alkanes of at least 4 members (excludes halogenated alkanes) is 3. The zero-order valence-corrected chi connectivity index (χ0v) is 20.0. The SMILES string of the molecule is CCC[CH2][Sn]([CH2]CCC)([CH2]CCC)[CH]1C=C(c2ccc(F)cc2)[N+](C)=N1. The van der Waals surface area contributed by atoms with Gasteiger partial charge in [0.2, 0.25) is 0 Å². The fraction of sp³-hybridized carbons (Fsp3) is 0.636. The molecule has 0 aromatic heterocycles. The van der Waals surface area contributed by atoms with Gasteiger partial charge >= 0.3 is 164 Å². The molecule has 2 nitrogen and oxygen atoms in total. The number of hydrogen-bond donors (Lipinski definition) is 0. The van der Waals surface area contributed by atoms with Crippen molar-refractivity contribution in [2.75, 3.05) is 7.05 Å². The molecular formula is C22H36FN2Sn+. The minimum absolute atomic E-state index is 0.175. The summed E-state index contributed by atoms with van der Waals surface area (Å²) in [6.07, 6.45) is 10.4. The van der Waals surface area contributed by atoms with E-state index in [9.17, 15) is 4.39 Å². The second-order valence-electron chi connectivity index (χ2n) is 7.82. The van der Waals surface area contributed by atoms with Crippen molar-refractivity contribution in [2.45, 2.75) is 76.7 Å². The molecule has 26 heavy (non-hydrogen) atoms. The maximum absolute atomic E-state index is 13.3. The van der Waals surface area contributed by atoms with Crippen LogP contribution in [0.3, 0.4) is 0 Å². The molecule has 0 N–H and O–H groups in total. The number of halogens is 1. The van der Waals surface area contributed by atoms with E-state index in [1.54, 1.807) is 12.1 Å². The van der Waals surface area contributed by atoms with Gasteiger partial charge in [0.25, 0.3) is 0 Å². The molecule has 0 aliphatic carbocycles. The summed E-state index contributed by atoms with van der Waals surface area (Å²) in [4.78, 5) is 0. The average Bonchev–Trinajstić information content (AvgIpc) is 3.04. The molecule has 1 atom stereocenters. The van der Waals surface area contributed by atoms with Gasteiger partial charge in [0.15, 0.2) is 0 Å². The Hall–Kier alpha value is -0.711. The molecular weight excluding hydrogens is 430 g/mol. The van der Waals surface area contributed by atoms with Crippen molar-refractivity contribution in [3.8, 4) is 0 Å². The van der Waals surface area contributed by atoms with E-state index in [-0.39, 0.29) is 5.82 Å². The van der Waals surface area contributed by atoms with Crippen LogP contribution in [-0.4, -0.2) is 34.2 Å². The van der Waals surface area contributed by atoms with E-state index in [1.807, 2.05) is 12.1 Å². The molecule has 0 bridgehead atoms. The molecule has 0 radical (unpaired) electrons. The van der Waals surface area contributed by atoms with E-state index >= 15 is 0 Å². The van der Waals surface area contributed by atoms with Crippen molar-refractivity contribution in [1.29, 1.82) is 0 Å². The number of benzene rings is 1. The van der Waals surface area contributed by atoms with Gasteiger partial charge in [-0.2, -0.15) is 0 Å². The summed E-state index contributed by atoms with van der Waals surface area (Å²) < 4.78 is 20.2. The third-order valence-electron chi connectivity index (χ3n) is 5.81. The summed E-state index contributed by atoms with van der Waals surface area (Å²) in [6, 6.07) is 6.88. The van der Waals surface area contributed by atoms with Gasteiger partial charge in [0, 0.05) is 0 Å². The standard InChI is InChI=1S/C10H9FN2.3C4H9.Sn/c1-13-10(6-7-12-13)8-2-4-9(11)5-3-8;3*1-3-4-2;/h2-7H,1H3;3*1,3-4H2,2H3;/q+1;;;;. The van der Waals surface area contributed by atoms with Gasteiger partial charge in [-0.05, 0) is 0 Å². The summed E-state index contributed by atoms with van der Waals surface area (Å²) >= 11 is -2.42. The summed E-state index contributed by atoms with van der Waals surface area (Å²) in [6.45, 7) is 6.94. The average molecular weight is 466 g/mol. The van der Waals surface area contributed by atoms with E-state index in [2.05, 4.69) is 38.6 Å². The van der Waals surface area contributed by atoms with Crippen LogP contribution in [0.5, 0.6) is 0 Å². The number of rotatable bonds is 11. The van der Waals surface area contributed by atoms with Gasteiger partial charge in [-0.15, -0.1) is 0 Å². The Morgan fingerprint density at radius 3 is 1.88 bits per heavy atom. The van der Waals surface area contributed by atoms with E-state index < -0.39 is 18.4 Å². The Morgan fingerprint density at radius 2 is 1.42 bits per heavy atom. The molecule has 2 rings (SSSR count). The van der Waals surface area contributed by atoms with Crippen LogP contribution in [0.4, 0.5) is 4.39 Å². The minimum atomic E-state index is -2.42. The quantitative estimate of drug-likeness (QED) is 0.246. The van der Waals surface area contributed by atoms with Crippen molar-refractivity contribution in [3.63, 3.8) is 0 Å². The maximum atomic E-state index is 13.3. The van der Waals surface area contributed by atoms with Crippen LogP contribution < -0.4 is 0 Å². The second-order valence-corrected chi connectivity index (χ2v) is 21.6. The first-order valence-corrected chi connectivity index (χ1v) is 18.2. The Kier molecular flexibility index (Phi) is 8.78. The van der Waals surface area contributed by atoms with Gasteiger partial charge in [0.05, 0.1) is 0 Å². The molecule has 4 heteroatoms. The second kappa shape index (κ2) is 10.6. The van der Waals surface area contributed by atoms with E-state index in [1.165, 1.54) is 57.5 Å². The molecule has 1 aromatic carbocycles. The van der Waals surface area contributed by atoms with Gasteiger partial charge in [-0.3, -0.25) is 0 Å². The fourth-order valence-electron chi connectivity index (χ4n) is 4.15. The first-order chi connectivity index (χ1) is 12.6. The van der Waals surface area contributed by atoms with Crippen LogP contribution in [0.2, 0.25) is 13.3 Å². The third kappa shape index (κ3) is 5.40. The normalized spacial score (nSPS) is 17.3. The molecule has 144 valence electrons. The van der Waals surface area contributed by atoms with Gasteiger partial charge in [-0.1, -0.05) is 0 Å². The summed E-state index contributed by atoms with van der Waals surface area (Å²) in [5.74, 6) is -0.175. The Morgan fingerprint density at radius 1 is 0.923 bits per heavy atom. The number of azo groups is 2. The molecule has 0 fully saturated rings. The number of nitrogens with zero attached hydrogens (tertiary/aromatic N) is 2. The number of hydrogen-bond acceptors (Lipinski definition) is 1. The predicted octanol–water partition coefficient (Wildman–Crippen LogP) is 7.03. The Balaban J connectivity index is 2.34. The van der Waals surface area contributed by atoms with Gasteiger partial charge < -0.3 is 0 Å². The molecule has 1 aliphatic rings. The van der Waals surface area contributed by atoms with Crippen LogP contribution in [-0.2, 0) is 0 Å². The van der Waals surface area contributed by atoms with Crippen molar-refractivity contribution in [1.82, 2.24) is 0 Å². The van der Waals surface area contributed by atoms with E-state index in [0.29, 0.717) is 4.06 Å². The molecule has 1 heterocycles. The molecule has 0 saturated carbocycles. The van der Waals surface area contributed by atoms with Crippen molar-refractivity contribution < 1.29 is 9.09 Å². The molecule has 1 aliphatic heterocycles. The fourth-order valence-corrected chi connectivity index (χ4v) is 20.5. The van der Waals surface area contributed by atoms with Crippen molar-refractivity contribution in [3.05, 3.63) is 41.7 Å². The van der Waals surface area contributed by atoms with Crippen LogP contribution in [0.15, 0.2) is 35.5 Å².